The van der Waals surface area contributed by atoms with E-state index >= 15 is 0 Å². The molecule has 0 aromatic heterocycles. The van der Waals surface area contributed by atoms with Crippen molar-refractivity contribution < 1.29 is 14.6 Å². The number of hydrogen-bond acceptors (Lipinski definition) is 3. The van der Waals surface area contributed by atoms with Crippen LogP contribution in [-0.4, -0.2) is 23.3 Å². The van der Waals surface area contributed by atoms with Crippen molar-refractivity contribution in [3.8, 4) is 0 Å². The van der Waals surface area contributed by atoms with Gasteiger partial charge in [-0.3, -0.25) is 4.79 Å². The quantitative estimate of drug-likeness (QED) is 0.619. The zero-order valence-corrected chi connectivity index (χ0v) is 13.2. The molecule has 0 heterocycles. The Morgan fingerprint density at radius 1 is 1.30 bits per heavy atom. The highest BCUT2D eigenvalue weighted by molar-refractivity contribution is 5.66. The molecule has 3 nitrogen and oxygen atoms in total. The summed E-state index contributed by atoms with van der Waals surface area (Å²) in [6, 6.07) is 0. The van der Waals surface area contributed by atoms with Gasteiger partial charge >= 0.3 is 5.97 Å². The Labute approximate surface area is 122 Å². The minimum atomic E-state index is -0.520. The van der Waals surface area contributed by atoms with Crippen molar-refractivity contribution in [1.29, 1.82) is 0 Å². The van der Waals surface area contributed by atoms with Crippen molar-refractivity contribution in [3.05, 3.63) is 11.6 Å². The smallest absolute Gasteiger partial charge is 0.302 e. The second kappa shape index (κ2) is 5.51. The first-order valence-corrected chi connectivity index (χ1v) is 7.78. The summed E-state index contributed by atoms with van der Waals surface area (Å²) in [6.07, 6.45) is 7.76. The maximum Gasteiger partial charge on any atom is 0.302 e. The van der Waals surface area contributed by atoms with Crippen LogP contribution < -0.4 is 0 Å². The fourth-order valence-corrected chi connectivity index (χ4v) is 4.30. The molecule has 2 aliphatic carbocycles. The van der Waals surface area contributed by atoms with Crippen LogP contribution in [0.5, 0.6) is 0 Å². The molecule has 0 saturated heterocycles. The van der Waals surface area contributed by atoms with Crippen molar-refractivity contribution in [2.24, 2.45) is 17.3 Å². The summed E-state index contributed by atoms with van der Waals surface area (Å²) in [6.45, 7) is 8.10. The molecule has 114 valence electrons. The summed E-state index contributed by atoms with van der Waals surface area (Å²) >= 11 is 0. The van der Waals surface area contributed by atoms with Gasteiger partial charge in [0.05, 0.1) is 5.60 Å². The van der Waals surface area contributed by atoms with Gasteiger partial charge in [0, 0.05) is 6.92 Å². The third-order valence-corrected chi connectivity index (χ3v) is 5.94. The average Bonchev–Trinajstić information content (AvgIpc) is 2.91. The Morgan fingerprint density at radius 3 is 2.50 bits per heavy atom. The molecular weight excluding hydrogens is 252 g/mol. The third kappa shape index (κ3) is 2.65. The number of aliphatic hydroxyl groups is 1. The van der Waals surface area contributed by atoms with Gasteiger partial charge in [-0.25, -0.2) is 0 Å². The van der Waals surface area contributed by atoms with E-state index in [0.29, 0.717) is 18.4 Å². The van der Waals surface area contributed by atoms with Crippen LogP contribution in [0.4, 0.5) is 0 Å². The standard InChI is InChI=1S/C17H28O3/c1-12(11-20-13(2)18)6-5-9-16(3)14-7-8-15(10-14)17(16,4)19/h6,14-15,19H,5,7-11H2,1-4H3/b12-6-. The molecule has 1 N–H and O–H groups in total. The molecule has 2 saturated carbocycles. The highest BCUT2D eigenvalue weighted by Crippen LogP contribution is 2.63. The molecule has 0 spiro atoms. The minimum absolute atomic E-state index is 0.0358. The molecule has 3 heteroatoms. The summed E-state index contributed by atoms with van der Waals surface area (Å²) in [4.78, 5) is 10.8. The summed E-state index contributed by atoms with van der Waals surface area (Å²) in [7, 11) is 0. The summed E-state index contributed by atoms with van der Waals surface area (Å²) < 4.78 is 4.99. The van der Waals surface area contributed by atoms with Crippen LogP contribution in [0.15, 0.2) is 11.6 Å². The Morgan fingerprint density at radius 2 is 1.95 bits per heavy atom. The van der Waals surface area contributed by atoms with Gasteiger partial charge < -0.3 is 9.84 Å². The predicted octanol–water partition coefficient (Wildman–Crippen LogP) is 3.46. The zero-order valence-electron chi connectivity index (χ0n) is 13.2. The maximum absolute atomic E-state index is 10.9. The molecule has 4 unspecified atom stereocenters. The molecule has 2 rings (SSSR count). The molecule has 2 fully saturated rings. The van der Waals surface area contributed by atoms with Crippen LogP contribution in [0.2, 0.25) is 0 Å². The van der Waals surface area contributed by atoms with E-state index in [1.54, 1.807) is 0 Å². The number of rotatable bonds is 5. The van der Waals surface area contributed by atoms with Gasteiger partial charge in [0.1, 0.15) is 6.61 Å². The SMILES string of the molecule is CC(=O)OC/C(C)=C\CCC1(C)C2CCC(C2)C1(C)O. The first-order valence-electron chi connectivity index (χ1n) is 7.78. The monoisotopic (exact) mass is 280 g/mol. The first-order chi connectivity index (χ1) is 9.27. The third-order valence-electron chi connectivity index (χ3n) is 5.94. The first kappa shape index (κ1) is 15.6. The molecule has 2 aliphatic rings. The number of fused-ring (bicyclic) bond motifs is 2. The molecule has 2 bridgehead atoms. The lowest BCUT2D eigenvalue weighted by molar-refractivity contribution is -0.139. The molecule has 0 aromatic rings. The predicted molar refractivity (Wildman–Crippen MR) is 79.2 cm³/mol. The number of hydrogen-bond donors (Lipinski definition) is 1. The van der Waals surface area contributed by atoms with E-state index in [0.717, 1.165) is 18.4 Å². The van der Waals surface area contributed by atoms with Gasteiger partial charge in [0.15, 0.2) is 0 Å². The van der Waals surface area contributed by atoms with Gasteiger partial charge in [0.25, 0.3) is 0 Å². The molecule has 0 aliphatic heterocycles. The largest absolute Gasteiger partial charge is 0.461 e. The zero-order chi connectivity index (χ0) is 15.0. The van der Waals surface area contributed by atoms with Crippen molar-refractivity contribution in [1.82, 2.24) is 0 Å². The molecule has 20 heavy (non-hydrogen) atoms. The lowest BCUT2D eigenvalue weighted by atomic mass is 9.63. The summed E-state index contributed by atoms with van der Waals surface area (Å²) in [5.41, 5.74) is 0.605. The molecule has 0 aromatic carbocycles. The van der Waals surface area contributed by atoms with Gasteiger partial charge in [-0.1, -0.05) is 13.0 Å². The highest BCUT2D eigenvalue weighted by Gasteiger charge is 2.61. The van der Waals surface area contributed by atoms with Gasteiger partial charge in [-0.15, -0.1) is 0 Å². The lowest BCUT2D eigenvalue weighted by Crippen LogP contribution is -2.48. The summed E-state index contributed by atoms with van der Waals surface area (Å²) in [5, 5.41) is 10.9. The number of esters is 1. The van der Waals surface area contributed by atoms with Crippen LogP contribution in [0.1, 0.15) is 59.8 Å². The number of allylic oxidation sites excluding steroid dienone is 1. The average molecular weight is 280 g/mol. The van der Waals surface area contributed by atoms with Crippen molar-refractivity contribution in [2.45, 2.75) is 65.4 Å². The van der Waals surface area contributed by atoms with E-state index in [1.165, 1.54) is 26.2 Å². The highest BCUT2D eigenvalue weighted by atomic mass is 16.5. The number of ether oxygens (including phenoxy) is 1. The van der Waals surface area contributed by atoms with Crippen molar-refractivity contribution >= 4 is 5.97 Å². The Hall–Kier alpha value is -0.830. The van der Waals surface area contributed by atoms with Crippen LogP contribution in [0, 0.1) is 17.3 Å². The van der Waals surface area contributed by atoms with E-state index in [4.69, 9.17) is 4.74 Å². The van der Waals surface area contributed by atoms with E-state index < -0.39 is 5.60 Å². The molecule has 0 amide bonds. The number of carbonyl (C=O) groups is 1. The molecule has 4 atom stereocenters. The van der Waals surface area contributed by atoms with E-state index in [1.807, 2.05) is 13.8 Å². The minimum Gasteiger partial charge on any atom is -0.461 e. The van der Waals surface area contributed by atoms with Crippen LogP contribution in [-0.2, 0) is 9.53 Å². The normalized spacial score (nSPS) is 40.1. The van der Waals surface area contributed by atoms with E-state index in [-0.39, 0.29) is 11.4 Å². The Kier molecular flexibility index (Phi) is 4.29. The second-order valence-electron chi connectivity index (χ2n) is 7.14. The van der Waals surface area contributed by atoms with Crippen LogP contribution in [0.25, 0.3) is 0 Å². The van der Waals surface area contributed by atoms with Crippen molar-refractivity contribution in [3.63, 3.8) is 0 Å². The molecular formula is C17H28O3. The Bertz CT molecular complexity index is 410. The second-order valence-corrected chi connectivity index (χ2v) is 7.14. The van der Waals surface area contributed by atoms with Crippen LogP contribution in [0.3, 0.4) is 0 Å². The summed E-state index contributed by atoms with van der Waals surface area (Å²) in [5.74, 6) is 0.925. The van der Waals surface area contributed by atoms with Gasteiger partial charge in [-0.2, -0.15) is 0 Å². The van der Waals surface area contributed by atoms with Gasteiger partial charge in [-0.05, 0) is 68.8 Å². The fourth-order valence-electron chi connectivity index (χ4n) is 4.30. The van der Waals surface area contributed by atoms with Crippen molar-refractivity contribution in [2.75, 3.05) is 6.61 Å². The van der Waals surface area contributed by atoms with Gasteiger partial charge in [0.2, 0.25) is 0 Å². The lowest BCUT2D eigenvalue weighted by Gasteiger charge is -2.46. The fraction of sp³-hybridized carbons (Fsp3) is 0.824. The van der Waals surface area contributed by atoms with E-state index in [2.05, 4.69) is 13.0 Å². The van der Waals surface area contributed by atoms with Crippen LogP contribution >= 0.6 is 0 Å². The van der Waals surface area contributed by atoms with E-state index in [9.17, 15) is 9.90 Å². The number of carbonyl (C=O) groups excluding carboxylic acids is 1. The topological polar surface area (TPSA) is 46.5 Å². The molecule has 0 radical (unpaired) electrons. The maximum atomic E-state index is 10.9. The Balaban J connectivity index is 1.90.